The second kappa shape index (κ2) is 5.98. The number of Topliss-reactive ketones (excluding diaryl/α,β-unsaturated/α-hetero) is 1. The van der Waals surface area contributed by atoms with Crippen LogP contribution in [0.25, 0.3) is 10.9 Å². The molecule has 0 N–H and O–H groups in total. The lowest BCUT2D eigenvalue weighted by Crippen LogP contribution is -2.30. The second-order valence-corrected chi connectivity index (χ2v) is 5.95. The Morgan fingerprint density at radius 3 is 2.95 bits per heavy atom. The molecule has 3 rings (SSSR count). The molecule has 112 valence electrons. The van der Waals surface area contributed by atoms with E-state index in [0.717, 1.165) is 31.7 Å². The zero-order chi connectivity index (χ0) is 14.8. The van der Waals surface area contributed by atoms with E-state index in [2.05, 4.69) is 40.8 Å². The van der Waals surface area contributed by atoms with Crippen LogP contribution in [0.5, 0.6) is 0 Å². The summed E-state index contributed by atoms with van der Waals surface area (Å²) in [6.07, 6.45) is 2.99. The Kier molecular flexibility index (Phi) is 4.06. The van der Waals surface area contributed by atoms with Crippen molar-refractivity contribution in [3.63, 3.8) is 0 Å². The van der Waals surface area contributed by atoms with Crippen molar-refractivity contribution in [1.82, 2.24) is 14.7 Å². The predicted octanol–water partition coefficient (Wildman–Crippen LogP) is 3.00. The maximum absolute atomic E-state index is 11.4. The topological polar surface area (TPSA) is 38.1 Å². The summed E-state index contributed by atoms with van der Waals surface area (Å²) < 4.78 is 2.07. The molecule has 1 saturated heterocycles. The standard InChI is InChI=1S/C17H23N3O/c1-3-20-17-9-5-4-8-15(17)16(18-20)12-19-10-6-7-14(19)11-13(2)21/h4-5,8-9,14H,3,6-7,10-12H2,1-2H3. The number of benzene rings is 1. The Hall–Kier alpha value is -1.68. The molecule has 21 heavy (non-hydrogen) atoms. The fourth-order valence-corrected chi connectivity index (χ4v) is 3.41. The molecule has 0 radical (unpaired) electrons. The fraction of sp³-hybridized carbons (Fsp3) is 0.529. The first-order chi connectivity index (χ1) is 10.2. The summed E-state index contributed by atoms with van der Waals surface area (Å²) in [4.78, 5) is 13.8. The van der Waals surface area contributed by atoms with Crippen molar-refractivity contribution in [2.45, 2.75) is 52.2 Å². The Balaban J connectivity index is 1.86. The number of hydrogen-bond acceptors (Lipinski definition) is 3. The largest absolute Gasteiger partial charge is 0.300 e. The summed E-state index contributed by atoms with van der Waals surface area (Å²) in [5.74, 6) is 0.288. The molecule has 1 aliphatic heterocycles. The van der Waals surface area contributed by atoms with Gasteiger partial charge in [0.1, 0.15) is 5.78 Å². The molecule has 0 aliphatic carbocycles. The van der Waals surface area contributed by atoms with Gasteiger partial charge in [0.2, 0.25) is 0 Å². The van der Waals surface area contributed by atoms with Crippen molar-refractivity contribution in [2.24, 2.45) is 0 Å². The average Bonchev–Trinajstić information content (AvgIpc) is 3.04. The van der Waals surface area contributed by atoms with Crippen molar-refractivity contribution < 1.29 is 4.79 Å². The zero-order valence-electron chi connectivity index (χ0n) is 12.9. The molecule has 1 aliphatic rings. The summed E-state index contributed by atoms with van der Waals surface area (Å²) in [6.45, 7) is 6.63. The van der Waals surface area contributed by atoms with Crippen LogP contribution >= 0.6 is 0 Å². The van der Waals surface area contributed by atoms with Crippen LogP contribution in [0, 0.1) is 0 Å². The molecule has 2 aromatic rings. The highest BCUT2D eigenvalue weighted by molar-refractivity contribution is 5.82. The number of carbonyl (C=O) groups excluding carboxylic acids is 1. The fourth-order valence-electron chi connectivity index (χ4n) is 3.41. The van der Waals surface area contributed by atoms with Crippen LogP contribution in [-0.4, -0.2) is 33.1 Å². The number of nitrogens with zero attached hydrogens (tertiary/aromatic N) is 3. The van der Waals surface area contributed by atoms with Crippen molar-refractivity contribution >= 4 is 16.7 Å². The van der Waals surface area contributed by atoms with Crippen LogP contribution < -0.4 is 0 Å². The first-order valence-corrected chi connectivity index (χ1v) is 7.87. The minimum Gasteiger partial charge on any atom is -0.300 e. The Labute approximate surface area is 125 Å². The highest BCUT2D eigenvalue weighted by atomic mass is 16.1. The zero-order valence-corrected chi connectivity index (χ0v) is 12.9. The molecule has 2 heterocycles. The number of ketones is 1. The van der Waals surface area contributed by atoms with E-state index in [4.69, 9.17) is 5.10 Å². The van der Waals surface area contributed by atoms with Gasteiger partial charge in [-0.25, -0.2) is 0 Å². The van der Waals surface area contributed by atoms with E-state index >= 15 is 0 Å². The number of aromatic nitrogens is 2. The van der Waals surface area contributed by atoms with E-state index < -0.39 is 0 Å². The van der Waals surface area contributed by atoms with E-state index in [0.29, 0.717) is 12.5 Å². The minimum atomic E-state index is 0.288. The Morgan fingerprint density at radius 1 is 1.38 bits per heavy atom. The first kappa shape index (κ1) is 14.3. The van der Waals surface area contributed by atoms with Crippen molar-refractivity contribution in [3.05, 3.63) is 30.0 Å². The molecular weight excluding hydrogens is 262 g/mol. The van der Waals surface area contributed by atoms with Gasteiger partial charge in [0.05, 0.1) is 11.2 Å². The van der Waals surface area contributed by atoms with Gasteiger partial charge in [-0.1, -0.05) is 18.2 Å². The van der Waals surface area contributed by atoms with Gasteiger partial charge < -0.3 is 0 Å². The summed E-state index contributed by atoms with van der Waals surface area (Å²) in [5, 5.41) is 6.02. The summed E-state index contributed by atoms with van der Waals surface area (Å²) in [6, 6.07) is 8.82. The lowest BCUT2D eigenvalue weighted by Gasteiger charge is -2.22. The van der Waals surface area contributed by atoms with Crippen molar-refractivity contribution in [3.8, 4) is 0 Å². The van der Waals surface area contributed by atoms with E-state index in [-0.39, 0.29) is 5.78 Å². The van der Waals surface area contributed by atoms with Gasteiger partial charge in [0.15, 0.2) is 0 Å². The molecule has 0 saturated carbocycles. The normalized spacial score (nSPS) is 19.4. The molecule has 4 nitrogen and oxygen atoms in total. The summed E-state index contributed by atoms with van der Waals surface area (Å²) >= 11 is 0. The van der Waals surface area contributed by atoms with Crippen LogP contribution in [-0.2, 0) is 17.9 Å². The second-order valence-electron chi connectivity index (χ2n) is 5.95. The number of fused-ring (bicyclic) bond motifs is 1. The predicted molar refractivity (Wildman–Crippen MR) is 84.1 cm³/mol. The van der Waals surface area contributed by atoms with Crippen LogP contribution in [0.15, 0.2) is 24.3 Å². The van der Waals surface area contributed by atoms with Crippen LogP contribution in [0.1, 0.15) is 38.8 Å². The molecule has 1 aromatic heterocycles. The molecule has 0 spiro atoms. The third kappa shape index (κ3) is 2.86. The maximum Gasteiger partial charge on any atom is 0.131 e. The monoisotopic (exact) mass is 285 g/mol. The lowest BCUT2D eigenvalue weighted by atomic mass is 10.1. The van der Waals surface area contributed by atoms with Crippen molar-refractivity contribution in [2.75, 3.05) is 6.54 Å². The molecular formula is C17H23N3O. The summed E-state index contributed by atoms with van der Waals surface area (Å²) in [7, 11) is 0. The third-order valence-corrected chi connectivity index (χ3v) is 4.41. The Bertz CT molecular complexity index is 647. The first-order valence-electron chi connectivity index (χ1n) is 7.87. The molecule has 0 amide bonds. The van der Waals surface area contributed by atoms with E-state index in [1.807, 2.05) is 0 Å². The summed E-state index contributed by atoms with van der Waals surface area (Å²) in [5.41, 5.74) is 2.35. The quantitative estimate of drug-likeness (QED) is 0.847. The number of para-hydroxylation sites is 1. The van der Waals surface area contributed by atoms with Gasteiger partial charge in [0.25, 0.3) is 0 Å². The van der Waals surface area contributed by atoms with Crippen LogP contribution in [0.2, 0.25) is 0 Å². The number of carbonyl (C=O) groups is 1. The molecule has 4 heteroatoms. The van der Waals surface area contributed by atoms with Crippen LogP contribution in [0.4, 0.5) is 0 Å². The number of hydrogen-bond donors (Lipinski definition) is 0. The number of aryl methyl sites for hydroxylation is 1. The third-order valence-electron chi connectivity index (χ3n) is 4.41. The SMILES string of the molecule is CCn1nc(CN2CCCC2CC(C)=O)c2ccccc21. The Morgan fingerprint density at radius 2 is 2.19 bits per heavy atom. The lowest BCUT2D eigenvalue weighted by molar-refractivity contribution is -0.118. The average molecular weight is 285 g/mol. The highest BCUT2D eigenvalue weighted by Gasteiger charge is 2.26. The molecule has 0 bridgehead atoms. The van der Waals surface area contributed by atoms with Crippen LogP contribution in [0.3, 0.4) is 0 Å². The van der Waals surface area contributed by atoms with Gasteiger partial charge in [-0.15, -0.1) is 0 Å². The van der Waals surface area contributed by atoms with E-state index in [9.17, 15) is 4.79 Å². The molecule has 1 unspecified atom stereocenters. The molecule has 1 aromatic carbocycles. The van der Waals surface area contributed by atoms with E-state index in [1.54, 1.807) is 6.92 Å². The maximum atomic E-state index is 11.4. The van der Waals surface area contributed by atoms with Gasteiger partial charge in [-0.05, 0) is 39.3 Å². The highest BCUT2D eigenvalue weighted by Crippen LogP contribution is 2.25. The van der Waals surface area contributed by atoms with Gasteiger partial charge in [-0.2, -0.15) is 5.10 Å². The van der Waals surface area contributed by atoms with Crippen molar-refractivity contribution in [1.29, 1.82) is 0 Å². The van der Waals surface area contributed by atoms with Gasteiger partial charge in [-0.3, -0.25) is 14.4 Å². The molecule has 1 atom stereocenters. The smallest absolute Gasteiger partial charge is 0.131 e. The molecule has 1 fully saturated rings. The number of likely N-dealkylation sites (tertiary alicyclic amines) is 1. The minimum absolute atomic E-state index is 0.288. The van der Waals surface area contributed by atoms with Gasteiger partial charge >= 0.3 is 0 Å². The van der Waals surface area contributed by atoms with Gasteiger partial charge in [0, 0.05) is 30.9 Å². The van der Waals surface area contributed by atoms with E-state index in [1.165, 1.54) is 17.3 Å². The number of rotatable bonds is 5.